The molecule has 9 nitrogen and oxygen atoms in total. The van der Waals surface area contributed by atoms with Crippen LogP contribution >= 0.6 is 11.3 Å². The van der Waals surface area contributed by atoms with E-state index in [1.807, 2.05) is 32.9 Å². The molecule has 2 aliphatic heterocycles. The van der Waals surface area contributed by atoms with E-state index in [1.165, 1.54) is 34.4 Å². The molecule has 2 aliphatic rings. The molecule has 10 heteroatoms. The predicted octanol–water partition coefficient (Wildman–Crippen LogP) is 5.77. The molecule has 0 radical (unpaired) electrons. The minimum atomic E-state index is -1.12. The number of hydrogen-bond acceptors (Lipinski definition) is 8. The number of aromatic nitrogens is 1. The highest BCUT2D eigenvalue weighted by Crippen LogP contribution is 2.45. The Kier molecular flexibility index (Phi) is 5.72. The number of aryl methyl sites for hydroxylation is 2. The number of nitro groups is 1. The number of nitrogens with zero attached hydrogens (tertiary/aromatic N) is 3. The molecule has 0 aliphatic carbocycles. The number of aliphatic hydroxyl groups excluding tert-OH is 1. The van der Waals surface area contributed by atoms with Crippen molar-refractivity contribution in [3.8, 4) is 5.75 Å². The molecule has 1 fully saturated rings. The van der Waals surface area contributed by atoms with Gasteiger partial charge in [0.25, 0.3) is 11.5 Å². The van der Waals surface area contributed by atoms with E-state index in [4.69, 9.17) is 9.72 Å². The molecule has 1 aromatic heterocycles. The summed E-state index contributed by atoms with van der Waals surface area (Å²) in [6, 6.07) is 13.7. The number of aliphatic hydroxyl groups is 1. The van der Waals surface area contributed by atoms with E-state index in [1.54, 1.807) is 24.3 Å². The third kappa shape index (κ3) is 4.04. The van der Waals surface area contributed by atoms with Crippen molar-refractivity contribution < 1.29 is 24.4 Å². The van der Waals surface area contributed by atoms with Gasteiger partial charge in [-0.2, -0.15) is 0 Å². The standard InChI is InChI=1S/C29H23N3O6S/c1-14-9-15(2)24-22(10-14)39-29(30-24)31-25(17-5-4-6-20(13-17)32(36)37)23(27(34)28(31)35)26(33)18-7-8-21-19(12-18)11-16(3)38-21/h4-10,12-13,16,25,33H,11H2,1-3H3/b26-23+/t16-,25-/m0/s1. The number of Topliss-reactive ketones (excluding diaryl/α,β-unsaturated/α-hetero) is 1. The van der Waals surface area contributed by atoms with Gasteiger partial charge >= 0.3 is 5.91 Å². The number of anilines is 1. The minimum absolute atomic E-state index is 0.0148. The Labute approximate surface area is 227 Å². The van der Waals surface area contributed by atoms with Crippen molar-refractivity contribution in [1.82, 2.24) is 4.98 Å². The van der Waals surface area contributed by atoms with Crippen molar-refractivity contribution in [2.45, 2.75) is 39.3 Å². The Morgan fingerprint density at radius 1 is 1.15 bits per heavy atom. The summed E-state index contributed by atoms with van der Waals surface area (Å²) in [6.45, 7) is 5.82. The first-order valence-electron chi connectivity index (χ1n) is 12.4. The zero-order valence-electron chi connectivity index (χ0n) is 21.3. The molecule has 0 spiro atoms. The Balaban J connectivity index is 1.57. The summed E-state index contributed by atoms with van der Waals surface area (Å²) in [5.41, 5.74) is 3.86. The van der Waals surface area contributed by atoms with Crippen LogP contribution in [0.2, 0.25) is 0 Å². The Hall–Kier alpha value is -4.57. The van der Waals surface area contributed by atoms with Crippen molar-refractivity contribution in [2.24, 2.45) is 0 Å². The first-order chi connectivity index (χ1) is 18.6. The highest BCUT2D eigenvalue weighted by molar-refractivity contribution is 7.22. The fourth-order valence-corrected chi connectivity index (χ4v) is 6.51. The molecule has 39 heavy (non-hydrogen) atoms. The van der Waals surface area contributed by atoms with Gasteiger partial charge in [0, 0.05) is 24.1 Å². The van der Waals surface area contributed by atoms with Crippen LogP contribution in [0.3, 0.4) is 0 Å². The number of ketones is 1. The van der Waals surface area contributed by atoms with E-state index in [9.17, 15) is 24.8 Å². The van der Waals surface area contributed by atoms with Gasteiger partial charge < -0.3 is 9.84 Å². The van der Waals surface area contributed by atoms with Gasteiger partial charge in [-0.15, -0.1) is 0 Å². The van der Waals surface area contributed by atoms with Crippen LogP contribution < -0.4 is 9.64 Å². The van der Waals surface area contributed by atoms with E-state index in [0.717, 1.165) is 21.4 Å². The Morgan fingerprint density at radius 3 is 2.72 bits per heavy atom. The van der Waals surface area contributed by atoms with Crippen LogP contribution in [-0.2, 0) is 16.0 Å². The maximum absolute atomic E-state index is 13.6. The minimum Gasteiger partial charge on any atom is -0.507 e. The lowest BCUT2D eigenvalue weighted by atomic mass is 9.94. The normalized spacial score (nSPS) is 19.9. The number of carbonyl (C=O) groups excluding carboxylic acids is 2. The zero-order chi connectivity index (χ0) is 27.6. The van der Waals surface area contributed by atoms with Gasteiger partial charge in [-0.1, -0.05) is 29.5 Å². The lowest BCUT2D eigenvalue weighted by Gasteiger charge is -2.22. The Bertz CT molecular complexity index is 1760. The van der Waals surface area contributed by atoms with Crippen LogP contribution in [-0.4, -0.2) is 32.8 Å². The van der Waals surface area contributed by atoms with E-state index in [-0.39, 0.29) is 28.3 Å². The highest BCUT2D eigenvalue weighted by atomic mass is 32.1. The molecule has 2 atom stereocenters. The maximum atomic E-state index is 13.6. The number of non-ortho nitro benzene ring substituents is 1. The number of rotatable bonds is 4. The van der Waals surface area contributed by atoms with Crippen LogP contribution in [0, 0.1) is 24.0 Å². The fourth-order valence-electron chi connectivity index (χ4n) is 5.34. The molecule has 0 unspecified atom stereocenters. The van der Waals surface area contributed by atoms with Crippen molar-refractivity contribution >= 4 is 49.8 Å². The predicted molar refractivity (Wildman–Crippen MR) is 147 cm³/mol. The number of thiazole rings is 1. The van der Waals surface area contributed by atoms with E-state index < -0.39 is 22.7 Å². The van der Waals surface area contributed by atoms with Gasteiger partial charge in [-0.05, 0) is 67.3 Å². The lowest BCUT2D eigenvalue weighted by molar-refractivity contribution is -0.384. The second kappa shape index (κ2) is 9.02. The molecule has 0 bridgehead atoms. The molecular weight excluding hydrogens is 518 g/mol. The van der Waals surface area contributed by atoms with Crippen LogP contribution in [0.25, 0.3) is 16.0 Å². The van der Waals surface area contributed by atoms with Crippen LogP contribution in [0.15, 0.2) is 60.2 Å². The molecule has 0 saturated carbocycles. The molecule has 1 saturated heterocycles. The third-order valence-corrected chi connectivity index (χ3v) is 8.04. The molecule has 6 rings (SSSR count). The van der Waals surface area contributed by atoms with E-state index in [0.29, 0.717) is 28.8 Å². The number of nitro benzene ring substituents is 1. The monoisotopic (exact) mass is 541 g/mol. The molecule has 3 aromatic carbocycles. The van der Waals surface area contributed by atoms with Crippen LogP contribution in [0.1, 0.15) is 40.8 Å². The summed E-state index contributed by atoms with van der Waals surface area (Å²) in [6.07, 6.45) is 0.628. The van der Waals surface area contributed by atoms with Gasteiger partial charge in [-0.3, -0.25) is 24.6 Å². The smallest absolute Gasteiger partial charge is 0.301 e. The molecule has 1 amide bonds. The van der Waals surface area contributed by atoms with E-state index >= 15 is 0 Å². The van der Waals surface area contributed by atoms with Crippen LogP contribution in [0.5, 0.6) is 5.75 Å². The largest absolute Gasteiger partial charge is 0.507 e. The molecule has 3 heterocycles. The molecule has 196 valence electrons. The zero-order valence-corrected chi connectivity index (χ0v) is 22.1. The number of benzene rings is 3. The van der Waals surface area contributed by atoms with Gasteiger partial charge in [-0.25, -0.2) is 4.98 Å². The average molecular weight is 542 g/mol. The molecule has 1 N–H and O–H groups in total. The fraction of sp³-hybridized carbons (Fsp3) is 0.207. The summed E-state index contributed by atoms with van der Waals surface area (Å²) in [5, 5.41) is 23.3. The quantitative estimate of drug-likeness (QED) is 0.114. The highest BCUT2D eigenvalue weighted by Gasteiger charge is 2.48. The summed E-state index contributed by atoms with van der Waals surface area (Å²) in [4.78, 5) is 44.1. The maximum Gasteiger partial charge on any atom is 0.301 e. The number of ether oxygens (including phenoxy) is 1. The summed E-state index contributed by atoms with van der Waals surface area (Å²) in [5.74, 6) is -1.40. The second-order valence-corrected chi connectivity index (χ2v) is 10.9. The molecule has 4 aromatic rings. The summed E-state index contributed by atoms with van der Waals surface area (Å²) in [7, 11) is 0. The lowest BCUT2D eigenvalue weighted by Crippen LogP contribution is -2.29. The average Bonchev–Trinajstić information content (AvgIpc) is 3.56. The first-order valence-corrected chi connectivity index (χ1v) is 13.2. The van der Waals surface area contributed by atoms with E-state index in [2.05, 4.69) is 0 Å². The third-order valence-electron chi connectivity index (χ3n) is 7.04. The van der Waals surface area contributed by atoms with Crippen molar-refractivity contribution in [3.05, 3.63) is 98.1 Å². The molecular formula is C29H23N3O6S. The topological polar surface area (TPSA) is 123 Å². The summed E-state index contributed by atoms with van der Waals surface area (Å²) < 4.78 is 6.60. The summed E-state index contributed by atoms with van der Waals surface area (Å²) >= 11 is 1.25. The first kappa shape index (κ1) is 24.7. The Morgan fingerprint density at radius 2 is 1.95 bits per heavy atom. The SMILES string of the molecule is Cc1cc(C)c2nc(N3C(=O)C(=O)/C(=C(/O)c4ccc5c(c4)C[C@H](C)O5)[C@@H]3c3cccc([N+](=O)[O-])c3)sc2c1. The van der Waals surface area contributed by atoms with Crippen molar-refractivity contribution in [2.75, 3.05) is 4.90 Å². The van der Waals surface area contributed by atoms with Crippen LogP contribution in [0.4, 0.5) is 10.8 Å². The second-order valence-electron chi connectivity index (χ2n) is 9.90. The number of fused-ring (bicyclic) bond motifs is 2. The van der Waals surface area contributed by atoms with Gasteiger partial charge in [0.05, 0.1) is 26.8 Å². The number of hydrogen-bond donors (Lipinski definition) is 1. The van der Waals surface area contributed by atoms with Crippen molar-refractivity contribution in [3.63, 3.8) is 0 Å². The van der Waals surface area contributed by atoms with Crippen molar-refractivity contribution in [1.29, 1.82) is 0 Å². The van der Waals surface area contributed by atoms with Gasteiger partial charge in [0.2, 0.25) is 0 Å². The van der Waals surface area contributed by atoms with Gasteiger partial charge in [0.15, 0.2) is 5.13 Å². The number of amides is 1. The van der Waals surface area contributed by atoms with Gasteiger partial charge in [0.1, 0.15) is 17.6 Å². The number of carbonyl (C=O) groups is 2.